The van der Waals surface area contributed by atoms with Crippen LogP contribution in [0.5, 0.6) is 11.5 Å². The molecule has 0 aliphatic heterocycles. The Labute approximate surface area is 148 Å². The van der Waals surface area contributed by atoms with Crippen molar-refractivity contribution in [2.24, 2.45) is 5.92 Å². The highest BCUT2D eigenvalue weighted by molar-refractivity contribution is 5.42. The first-order valence-corrected chi connectivity index (χ1v) is 9.33. The van der Waals surface area contributed by atoms with E-state index >= 15 is 0 Å². The lowest BCUT2D eigenvalue weighted by Gasteiger charge is -2.17. The monoisotopic (exact) mass is 336 g/mol. The van der Waals surface area contributed by atoms with E-state index in [0.29, 0.717) is 5.92 Å². The van der Waals surface area contributed by atoms with Crippen molar-refractivity contribution in [1.82, 2.24) is 10.2 Å². The fourth-order valence-corrected chi connectivity index (χ4v) is 2.55. The van der Waals surface area contributed by atoms with Gasteiger partial charge >= 0.3 is 0 Å². The molecule has 24 heavy (non-hydrogen) atoms. The molecule has 0 aliphatic carbocycles. The molecule has 1 rings (SSSR count). The molecule has 0 bridgehead atoms. The number of nitrogens with one attached hydrogen (secondary N) is 1. The molecule has 4 heteroatoms. The summed E-state index contributed by atoms with van der Waals surface area (Å²) in [6.45, 7) is 14.9. The highest BCUT2D eigenvalue weighted by Crippen LogP contribution is 2.28. The van der Waals surface area contributed by atoms with Gasteiger partial charge in [0.2, 0.25) is 0 Å². The Balaban J connectivity index is 2.38. The average molecular weight is 337 g/mol. The van der Waals surface area contributed by atoms with Crippen molar-refractivity contribution < 1.29 is 9.47 Å². The van der Waals surface area contributed by atoms with Gasteiger partial charge in [-0.05, 0) is 62.6 Å². The molecule has 1 aromatic carbocycles. The topological polar surface area (TPSA) is 33.7 Å². The van der Waals surface area contributed by atoms with Gasteiger partial charge < -0.3 is 19.7 Å². The lowest BCUT2D eigenvalue weighted by atomic mass is 10.1. The third-order valence-corrected chi connectivity index (χ3v) is 4.23. The van der Waals surface area contributed by atoms with E-state index in [0.717, 1.165) is 57.3 Å². The summed E-state index contributed by atoms with van der Waals surface area (Å²) in [5, 5.41) is 3.51. The highest BCUT2D eigenvalue weighted by atomic mass is 16.5. The lowest BCUT2D eigenvalue weighted by Crippen LogP contribution is -2.27. The summed E-state index contributed by atoms with van der Waals surface area (Å²) < 4.78 is 11.3. The van der Waals surface area contributed by atoms with E-state index in [-0.39, 0.29) is 0 Å². The molecule has 1 N–H and O–H groups in total. The predicted molar refractivity (Wildman–Crippen MR) is 102 cm³/mol. The first kappa shape index (κ1) is 20.8. The smallest absolute Gasteiger partial charge is 0.161 e. The summed E-state index contributed by atoms with van der Waals surface area (Å²) >= 11 is 0. The summed E-state index contributed by atoms with van der Waals surface area (Å²) in [4.78, 5) is 2.45. The normalized spacial score (nSPS) is 11.3. The average Bonchev–Trinajstić information content (AvgIpc) is 2.58. The Morgan fingerprint density at radius 3 is 2.50 bits per heavy atom. The van der Waals surface area contributed by atoms with E-state index in [1.807, 2.05) is 6.07 Å². The number of hydrogen-bond donors (Lipinski definition) is 1. The van der Waals surface area contributed by atoms with Crippen LogP contribution in [0.3, 0.4) is 0 Å². The van der Waals surface area contributed by atoms with Gasteiger partial charge in [0.25, 0.3) is 0 Å². The molecule has 0 amide bonds. The number of hydrogen-bond acceptors (Lipinski definition) is 4. The zero-order valence-electron chi connectivity index (χ0n) is 16.2. The largest absolute Gasteiger partial charge is 0.493 e. The third-order valence-electron chi connectivity index (χ3n) is 4.23. The molecule has 0 saturated carbocycles. The van der Waals surface area contributed by atoms with Crippen LogP contribution >= 0.6 is 0 Å². The van der Waals surface area contributed by atoms with E-state index in [9.17, 15) is 0 Å². The van der Waals surface area contributed by atoms with E-state index in [4.69, 9.17) is 9.47 Å². The molecule has 0 saturated heterocycles. The molecule has 0 radical (unpaired) electrons. The van der Waals surface area contributed by atoms with Crippen molar-refractivity contribution in [1.29, 1.82) is 0 Å². The number of methoxy groups -OCH3 is 1. The van der Waals surface area contributed by atoms with Crippen LogP contribution in [0.15, 0.2) is 18.2 Å². The van der Waals surface area contributed by atoms with Crippen LogP contribution in [-0.4, -0.2) is 44.8 Å². The fraction of sp³-hybridized carbons (Fsp3) is 0.700. The molecular weight excluding hydrogens is 300 g/mol. The van der Waals surface area contributed by atoms with Crippen LogP contribution in [0, 0.1) is 5.92 Å². The van der Waals surface area contributed by atoms with Crippen LogP contribution in [0.4, 0.5) is 0 Å². The van der Waals surface area contributed by atoms with E-state index in [2.05, 4.69) is 50.0 Å². The van der Waals surface area contributed by atoms with Crippen LogP contribution in [0.1, 0.15) is 46.1 Å². The van der Waals surface area contributed by atoms with Crippen molar-refractivity contribution in [3.05, 3.63) is 23.8 Å². The Morgan fingerprint density at radius 1 is 1.12 bits per heavy atom. The molecule has 0 aliphatic rings. The summed E-state index contributed by atoms with van der Waals surface area (Å²) in [5.41, 5.74) is 1.23. The number of rotatable bonds is 13. The van der Waals surface area contributed by atoms with Gasteiger partial charge in [-0.3, -0.25) is 0 Å². The molecule has 0 aromatic heterocycles. The maximum Gasteiger partial charge on any atom is 0.161 e. The minimum Gasteiger partial charge on any atom is -0.493 e. The van der Waals surface area contributed by atoms with Crippen LogP contribution in [0.2, 0.25) is 0 Å². The zero-order chi connectivity index (χ0) is 17.8. The maximum absolute atomic E-state index is 5.84. The second-order valence-electron chi connectivity index (χ2n) is 6.57. The fourth-order valence-electron chi connectivity index (χ4n) is 2.55. The lowest BCUT2D eigenvalue weighted by molar-refractivity contribution is 0.273. The Kier molecular flexibility index (Phi) is 10.5. The predicted octanol–water partition coefficient (Wildman–Crippen LogP) is 3.94. The first-order chi connectivity index (χ1) is 11.6. The number of ether oxygens (including phenoxy) is 2. The van der Waals surface area contributed by atoms with E-state index < -0.39 is 0 Å². The summed E-state index contributed by atoms with van der Waals surface area (Å²) in [5.74, 6) is 2.31. The van der Waals surface area contributed by atoms with Gasteiger partial charge in [-0.2, -0.15) is 0 Å². The van der Waals surface area contributed by atoms with Crippen molar-refractivity contribution >= 4 is 0 Å². The summed E-state index contributed by atoms with van der Waals surface area (Å²) in [6.07, 6.45) is 2.23. The Hall–Kier alpha value is -1.26. The number of nitrogens with zero attached hydrogens (tertiary/aromatic N) is 1. The number of benzene rings is 1. The first-order valence-electron chi connectivity index (χ1n) is 9.33. The van der Waals surface area contributed by atoms with E-state index in [1.54, 1.807) is 7.11 Å². The highest BCUT2D eigenvalue weighted by Gasteiger charge is 2.06. The molecule has 0 heterocycles. The van der Waals surface area contributed by atoms with Gasteiger partial charge in [0.15, 0.2) is 11.5 Å². The quantitative estimate of drug-likeness (QED) is 0.553. The minimum absolute atomic E-state index is 0.649. The molecule has 0 fully saturated rings. The van der Waals surface area contributed by atoms with Gasteiger partial charge in [-0.1, -0.05) is 33.8 Å². The molecule has 0 unspecified atom stereocenters. The SMILES string of the molecule is CCN(CC)CCCNCc1ccc(OCCC(C)C)c(OC)c1. The van der Waals surface area contributed by atoms with Crippen molar-refractivity contribution in [2.75, 3.05) is 39.9 Å². The van der Waals surface area contributed by atoms with Gasteiger partial charge in [0, 0.05) is 6.54 Å². The van der Waals surface area contributed by atoms with Gasteiger partial charge in [-0.25, -0.2) is 0 Å². The van der Waals surface area contributed by atoms with Crippen LogP contribution < -0.4 is 14.8 Å². The van der Waals surface area contributed by atoms with Crippen molar-refractivity contribution in [3.63, 3.8) is 0 Å². The van der Waals surface area contributed by atoms with Crippen LogP contribution in [-0.2, 0) is 6.54 Å². The molecule has 4 nitrogen and oxygen atoms in total. The minimum atomic E-state index is 0.649. The molecule has 0 atom stereocenters. The Morgan fingerprint density at radius 2 is 1.88 bits per heavy atom. The molecule has 138 valence electrons. The van der Waals surface area contributed by atoms with Gasteiger partial charge in [0.05, 0.1) is 13.7 Å². The maximum atomic E-state index is 5.84. The van der Waals surface area contributed by atoms with Gasteiger partial charge in [0.1, 0.15) is 0 Å². The summed E-state index contributed by atoms with van der Waals surface area (Å²) in [7, 11) is 1.70. The van der Waals surface area contributed by atoms with Crippen molar-refractivity contribution in [2.45, 2.75) is 47.1 Å². The Bertz CT molecular complexity index is 445. The molecule has 1 aromatic rings. The van der Waals surface area contributed by atoms with E-state index in [1.165, 1.54) is 12.0 Å². The second kappa shape index (κ2) is 12.2. The summed E-state index contributed by atoms with van der Waals surface area (Å²) in [6, 6.07) is 6.21. The standard InChI is InChI=1S/C20H36N2O2/c1-6-22(7-2)13-8-12-21-16-18-9-10-19(20(15-18)23-5)24-14-11-17(3)4/h9-10,15,17,21H,6-8,11-14,16H2,1-5H3. The molecule has 0 spiro atoms. The third kappa shape index (κ3) is 8.02. The zero-order valence-corrected chi connectivity index (χ0v) is 16.2. The van der Waals surface area contributed by atoms with Gasteiger partial charge in [-0.15, -0.1) is 0 Å². The molecular formula is C20H36N2O2. The van der Waals surface area contributed by atoms with Crippen molar-refractivity contribution in [3.8, 4) is 11.5 Å². The second-order valence-corrected chi connectivity index (χ2v) is 6.57. The van der Waals surface area contributed by atoms with Crippen LogP contribution in [0.25, 0.3) is 0 Å².